The third kappa shape index (κ3) is 2.91. The van der Waals surface area contributed by atoms with Gasteiger partial charge in [-0.2, -0.15) is 9.97 Å². The van der Waals surface area contributed by atoms with Crippen LogP contribution in [0.25, 0.3) is 11.2 Å². The zero-order chi connectivity index (χ0) is 14.7. The van der Waals surface area contributed by atoms with E-state index < -0.39 is 0 Å². The molecule has 0 unspecified atom stereocenters. The van der Waals surface area contributed by atoms with E-state index >= 15 is 0 Å². The van der Waals surface area contributed by atoms with Crippen molar-refractivity contribution in [1.82, 2.24) is 24.9 Å². The summed E-state index contributed by atoms with van der Waals surface area (Å²) in [5.74, 6) is 1.29. The van der Waals surface area contributed by atoms with Gasteiger partial charge in [0.25, 0.3) is 0 Å². The van der Waals surface area contributed by atoms with E-state index in [9.17, 15) is 0 Å². The number of fused-ring (bicyclic) bond motifs is 1. The molecule has 0 atom stereocenters. The molecular weight excluding hydrogens is 266 g/mol. The van der Waals surface area contributed by atoms with Crippen LogP contribution in [0.2, 0.25) is 0 Å². The molecule has 3 N–H and O–H groups in total. The number of pyridine rings is 1. The third-order valence-electron chi connectivity index (χ3n) is 3.00. The highest BCUT2D eigenvalue weighted by Gasteiger charge is 2.09. The number of hydrogen-bond donors (Lipinski definition) is 3. The molecule has 108 valence electrons. The van der Waals surface area contributed by atoms with E-state index in [0.717, 1.165) is 29.3 Å². The minimum absolute atomic E-state index is 0.566. The average molecular weight is 283 g/mol. The van der Waals surface area contributed by atoms with E-state index in [1.54, 1.807) is 6.33 Å². The first-order chi connectivity index (χ1) is 10.3. The SMILES string of the molecule is CCNc1nc(NCc2cccc(C)n2)c2[nH]cnc2n1. The number of nitrogens with one attached hydrogen (secondary N) is 3. The number of aromatic nitrogens is 5. The lowest BCUT2D eigenvalue weighted by Gasteiger charge is -2.08. The lowest BCUT2D eigenvalue weighted by molar-refractivity contribution is 0.999. The molecule has 3 aromatic heterocycles. The van der Waals surface area contributed by atoms with Crippen LogP contribution in [-0.2, 0) is 6.54 Å². The number of imidazole rings is 1. The standard InChI is InChI=1S/C14H17N7/c1-3-15-14-20-12(11-13(21-14)18-8-17-11)16-7-10-6-4-5-9(2)19-10/h4-6,8H,3,7H2,1-2H3,(H3,15,16,17,18,20,21). The number of anilines is 2. The van der Waals surface area contributed by atoms with E-state index in [-0.39, 0.29) is 0 Å². The van der Waals surface area contributed by atoms with Crippen LogP contribution >= 0.6 is 0 Å². The Bertz CT molecular complexity index is 750. The lowest BCUT2D eigenvalue weighted by atomic mass is 10.3. The molecule has 0 spiro atoms. The van der Waals surface area contributed by atoms with Gasteiger partial charge in [-0.05, 0) is 26.0 Å². The molecule has 0 radical (unpaired) electrons. The zero-order valence-electron chi connectivity index (χ0n) is 12.0. The quantitative estimate of drug-likeness (QED) is 0.664. The Morgan fingerprint density at radius 3 is 2.86 bits per heavy atom. The fraction of sp³-hybridized carbons (Fsp3) is 0.286. The van der Waals surface area contributed by atoms with Crippen molar-refractivity contribution >= 4 is 22.9 Å². The van der Waals surface area contributed by atoms with Crippen molar-refractivity contribution in [2.75, 3.05) is 17.2 Å². The van der Waals surface area contributed by atoms with Gasteiger partial charge in [-0.1, -0.05) is 6.07 Å². The summed E-state index contributed by atoms with van der Waals surface area (Å²) in [6, 6.07) is 5.95. The highest BCUT2D eigenvalue weighted by molar-refractivity contribution is 5.83. The number of aromatic amines is 1. The molecule has 0 bridgehead atoms. The van der Waals surface area contributed by atoms with Gasteiger partial charge < -0.3 is 15.6 Å². The average Bonchev–Trinajstić information content (AvgIpc) is 2.93. The Hall–Kier alpha value is -2.70. The zero-order valence-corrected chi connectivity index (χ0v) is 12.0. The monoisotopic (exact) mass is 283 g/mol. The highest BCUT2D eigenvalue weighted by atomic mass is 15.2. The molecule has 21 heavy (non-hydrogen) atoms. The second-order valence-electron chi connectivity index (χ2n) is 4.65. The first kappa shape index (κ1) is 13.3. The van der Waals surface area contributed by atoms with E-state index in [1.807, 2.05) is 32.0 Å². The van der Waals surface area contributed by atoms with Gasteiger partial charge >= 0.3 is 0 Å². The molecule has 0 amide bonds. The largest absolute Gasteiger partial charge is 0.362 e. The summed E-state index contributed by atoms with van der Waals surface area (Å²) in [6.45, 7) is 5.33. The summed E-state index contributed by atoms with van der Waals surface area (Å²) in [6.07, 6.45) is 1.62. The molecular formula is C14H17N7. The molecule has 0 aliphatic carbocycles. The van der Waals surface area contributed by atoms with Crippen LogP contribution in [0.1, 0.15) is 18.3 Å². The summed E-state index contributed by atoms with van der Waals surface area (Å²) in [7, 11) is 0. The maximum atomic E-state index is 4.47. The Morgan fingerprint density at radius 2 is 2.05 bits per heavy atom. The van der Waals surface area contributed by atoms with E-state index in [0.29, 0.717) is 18.1 Å². The maximum Gasteiger partial charge on any atom is 0.226 e. The molecule has 3 heterocycles. The first-order valence-corrected chi connectivity index (χ1v) is 6.87. The van der Waals surface area contributed by atoms with Gasteiger partial charge in [-0.3, -0.25) is 4.98 Å². The van der Waals surface area contributed by atoms with Crippen LogP contribution in [0.3, 0.4) is 0 Å². The molecule has 0 saturated heterocycles. The molecule has 0 aliphatic rings. The van der Waals surface area contributed by atoms with Gasteiger partial charge in [0.05, 0.1) is 18.6 Å². The second-order valence-corrected chi connectivity index (χ2v) is 4.65. The highest BCUT2D eigenvalue weighted by Crippen LogP contribution is 2.19. The molecule has 7 nitrogen and oxygen atoms in total. The molecule has 3 rings (SSSR count). The van der Waals surface area contributed by atoms with Crippen LogP contribution in [0, 0.1) is 6.92 Å². The fourth-order valence-corrected chi connectivity index (χ4v) is 2.07. The maximum absolute atomic E-state index is 4.47. The normalized spacial score (nSPS) is 10.8. The van der Waals surface area contributed by atoms with Crippen LogP contribution in [0.15, 0.2) is 24.5 Å². The summed E-state index contributed by atoms with van der Waals surface area (Å²) in [5.41, 5.74) is 3.40. The topological polar surface area (TPSA) is 91.4 Å². The van der Waals surface area contributed by atoms with Gasteiger partial charge in [0, 0.05) is 12.2 Å². The van der Waals surface area contributed by atoms with Gasteiger partial charge in [0.2, 0.25) is 5.95 Å². The minimum Gasteiger partial charge on any atom is -0.362 e. The van der Waals surface area contributed by atoms with Gasteiger partial charge in [-0.25, -0.2) is 4.98 Å². The Balaban J connectivity index is 1.86. The van der Waals surface area contributed by atoms with Crippen molar-refractivity contribution < 1.29 is 0 Å². The second kappa shape index (κ2) is 5.74. The predicted octanol–water partition coefficient (Wildman–Crippen LogP) is 2.10. The van der Waals surface area contributed by atoms with E-state index in [4.69, 9.17) is 0 Å². The number of H-pyrrole nitrogens is 1. The van der Waals surface area contributed by atoms with Crippen molar-refractivity contribution in [3.05, 3.63) is 35.9 Å². The lowest BCUT2D eigenvalue weighted by Crippen LogP contribution is -2.08. The van der Waals surface area contributed by atoms with Crippen molar-refractivity contribution in [3.63, 3.8) is 0 Å². The van der Waals surface area contributed by atoms with Crippen LogP contribution < -0.4 is 10.6 Å². The van der Waals surface area contributed by atoms with Gasteiger partial charge in [-0.15, -0.1) is 0 Å². The Kier molecular flexibility index (Phi) is 3.63. The first-order valence-electron chi connectivity index (χ1n) is 6.87. The van der Waals surface area contributed by atoms with Crippen molar-refractivity contribution in [2.24, 2.45) is 0 Å². The smallest absolute Gasteiger partial charge is 0.226 e. The van der Waals surface area contributed by atoms with Crippen LogP contribution in [0.5, 0.6) is 0 Å². The van der Waals surface area contributed by atoms with Crippen molar-refractivity contribution in [2.45, 2.75) is 20.4 Å². The summed E-state index contributed by atoms with van der Waals surface area (Å²) in [4.78, 5) is 20.5. The van der Waals surface area contributed by atoms with Crippen LogP contribution in [-0.4, -0.2) is 31.5 Å². The van der Waals surface area contributed by atoms with Gasteiger partial charge in [0.1, 0.15) is 5.52 Å². The van der Waals surface area contributed by atoms with E-state index in [1.165, 1.54) is 0 Å². The Labute approximate surface area is 122 Å². The van der Waals surface area contributed by atoms with Crippen molar-refractivity contribution in [1.29, 1.82) is 0 Å². The summed E-state index contributed by atoms with van der Waals surface area (Å²) < 4.78 is 0. The summed E-state index contributed by atoms with van der Waals surface area (Å²) in [5, 5.41) is 6.40. The van der Waals surface area contributed by atoms with Crippen LogP contribution in [0.4, 0.5) is 11.8 Å². The molecule has 0 fully saturated rings. The summed E-state index contributed by atoms with van der Waals surface area (Å²) >= 11 is 0. The molecule has 0 saturated carbocycles. The molecule has 0 aromatic carbocycles. The molecule has 7 heteroatoms. The van der Waals surface area contributed by atoms with Crippen molar-refractivity contribution in [3.8, 4) is 0 Å². The Morgan fingerprint density at radius 1 is 1.14 bits per heavy atom. The number of rotatable bonds is 5. The minimum atomic E-state index is 0.566. The number of aryl methyl sites for hydroxylation is 1. The third-order valence-corrected chi connectivity index (χ3v) is 3.00. The fourth-order valence-electron chi connectivity index (χ4n) is 2.07. The van der Waals surface area contributed by atoms with Gasteiger partial charge in [0.15, 0.2) is 11.5 Å². The number of hydrogen-bond acceptors (Lipinski definition) is 6. The molecule has 0 aliphatic heterocycles. The number of nitrogens with zero attached hydrogens (tertiary/aromatic N) is 4. The molecule has 3 aromatic rings. The van der Waals surface area contributed by atoms with E-state index in [2.05, 4.69) is 35.6 Å². The predicted molar refractivity (Wildman–Crippen MR) is 82.1 cm³/mol.